The number of para-hydroxylation sites is 1. The molecule has 0 aliphatic rings. The standard InChI is InChI=1S/C21H23ClN4O2S/c1-15(20(27)23-16-9-4-3-5-10-16)29-21-25-24-19(26(21)13-8-14-28-2)17-11-6-7-12-18(17)22/h3-7,9-12,15H,8,13-14H2,1-2H3,(H,23,27)/t15-/m0/s1. The molecule has 3 aromatic rings. The molecule has 0 radical (unpaired) electrons. The highest BCUT2D eigenvalue weighted by atomic mass is 35.5. The van der Waals surface area contributed by atoms with Gasteiger partial charge in [0.1, 0.15) is 0 Å². The first-order valence-electron chi connectivity index (χ1n) is 9.29. The molecule has 1 atom stereocenters. The molecule has 0 unspecified atom stereocenters. The van der Waals surface area contributed by atoms with E-state index in [1.54, 1.807) is 7.11 Å². The maximum absolute atomic E-state index is 12.6. The zero-order valence-corrected chi connectivity index (χ0v) is 17.9. The molecular weight excluding hydrogens is 408 g/mol. The second-order valence-electron chi connectivity index (χ2n) is 6.40. The van der Waals surface area contributed by atoms with Gasteiger partial charge in [0.25, 0.3) is 0 Å². The Hall–Kier alpha value is -2.35. The highest BCUT2D eigenvalue weighted by Gasteiger charge is 2.21. The van der Waals surface area contributed by atoms with Crippen LogP contribution in [0.5, 0.6) is 0 Å². The smallest absolute Gasteiger partial charge is 0.237 e. The van der Waals surface area contributed by atoms with Crippen LogP contribution in [-0.2, 0) is 16.1 Å². The Kier molecular flexibility index (Phi) is 7.69. The third-order valence-corrected chi connectivity index (χ3v) is 5.66. The van der Waals surface area contributed by atoms with Gasteiger partial charge in [0.2, 0.25) is 5.91 Å². The minimum absolute atomic E-state index is 0.0908. The summed E-state index contributed by atoms with van der Waals surface area (Å²) in [5.41, 5.74) is 1.58. The molecule has 152 valence electrons. The van der Waals surface area contributed by atoms with Gasteiger partial charge in [-0.05, 0) is 37.6 Å². The van der Waals surface area contributed by atoms with Crippen LogP contribution in [0.3, 0.4) is 0 Å². The summed E-state index contributed by atoms with van der Waals surface area (Å²) >= 11 is 7.74. The third-order valence-electron chi connectivity index (χ3n) is 4.25. The first-order chi connectivity index (χ1) is 14.1. The average molecular weight is 431 g/mol. The number of hydrogen-bond donors (Lipinski definition) is 1. The number of nitrogens with one attached hydrogen (secondary N) is 1. The molecule has 0 saturated carbocycles. The maximum Gasteiger partial charge on any atom is 0.237 e. The van der Waals surface area contributed by atoms with Gasteiger partial charge in [0.15, 0.2) is 11.0 Å². The van der Waals surface area contributed by atoms with Crippen molar-refractivity contribution in [3.05, 3.63) is 59.6 Å². The van der Waals surface area contributed by atoms with Crippen molar-refractivity contribution in [2.75, 3.05) is 19.0 Å². The van der Waals surface area contributed by atoms with Crippen LogP contribution in [0.1, 0.15) is 13.3 Å². The molecule has 8 heteroatoms. The van der Waals surface area contributed by atoms with Gasteiger partial charge in [0.05, 0.1) is 10.3 Å². The lowest BCUT2D eigenvalue weighted by molar-refractivity contribution is -0.115. The molecule has 0 aliphatic heterocycles. The van der Waals surface area contributed by atoms with Gasteiger partial charge in [0, 0.05) is 31.5 Å². The van der Waals surface area contributed by atoms with Crippen LogP contribution >= 0.6 is 23.4 Å². The van der Waals surface area contributed by atoms with E-state index in [1.807, 2.05) is 66.1 Å². The first-order valence-corrected chi connectivity index (χ1v) is 10.6. The highest BCUT2D eigenvalue weighted by Crippen LogP contribution is 2.31. The van der Waals surface area contributed by atoms with Gasteiger partial charge < -0.3 is 14.6 Å². The fourth-order valence-corrected chi connectivity index (χ4v) is 3.86. The summed E-state index contributed by atoms with van der Waals surface area (Å²) in [5.74, 6) is 0.594. The van der Waals surface area contributed by atoms with Crippen molar-refractivity contribution in [1.29, 1.82) is 0 Å². The Balaban J connectivity index is 1.80. The summed E-state index contributed by atoms with van der Waals surface area (Å²) in [4.78, 5) is 12.6. The van der Waals surface area contributed by atoms with Crippen LogP contribution in [0.25, 0.3) is 11.4 Å². The van der Waals surface area contributed by atoms with Crippen molar-refractivity contribution in [2.45, 2.75) is 30.3 Å². The van der Waals surface area contributed by atoms with Crippen molar-refractivity contribution in [3.63, 3.8) is 0 Å². The number of halogens is 1. The summed E-state index contributed by atoms with van der Waals surface area (Å²) < 4.78 is 7.18. The van der Waals surface area contributed by atoms with E-state index < -0.39 is 0 Å². The normalized spacial score (nSPS) is 12.0. The molecule has 3 rings (SSSR count). The molecule has 1 aromatic heterocycles. The molecule has 2 aromatic carbocycles. The highest BCUT2D eigenvalue weighted by molar-refractivity contribution is 8.00. The zero-order valence-electron chi connectivity index (χ0n) is 16.3. The zero-order chi connectivity index (χ0) is 20.6. The van der Waals surface area contributed by atoms with Crippen LogP contribution < -0.4 is 5.32 Å². The number of thioether (sulfide) groups is 1. The molecule has 0 saturated heterocycles. The Labute approximate surface area is 179 Å². The van der Waals surface area contributed by atoms with Crippen LogP contribution in [0.4, 0.5) is 5.69 Å². The number of amides is 1. The minimum Gasteiger partial charge on any atom is -0.385 e. The summed E-state index contributed by atoms with van der Waals surface area (Å²) in [6.45, 7) is 3.14. The van der Waals surface area contributed by atoms with E-state index in [1.165, 1.54) is 11.8 Å². The third kappa shape index (κ3) is 5.59. The van der Waals surface area contributed by atoms with Crippen LogP contribution in [0.15, 0.2) is 59.8 Å². The second kappa shape index (κ2) is 10.4. The topological polar surface area (TPSA) is 69.0 Å². The van der Waals surface area contributed by atoms with Gasteiger partial charge in [-0.25, -0.2) is 0 Å². The van der Waals surface area contributed by atoms with E-state index in [0.29, 0.717) is 29.2 Å². The number of ether oxygens (including phenoxy) is 1. The van der Waals surface area contributed by atoms with Crippen molar-refractivity contribution in [1.82, 2.24) is 14.8 Å². The van der Waals surface area contributed by atoms with E-state index >= 15 is 0 Å². The molecule has 1 heterocycles. The van der Waals surface area contributed by atoms with Gasteiger partial charge in [-0.15, -0.1) is 10.2 Å². The fourth-order valence-electron chi connectivity index (χ4n) is 2.76. The van der Waals surface area contributed by atoms with Crippen LogP contribution in [0, 0.1) is 0 Å². The SMILES string of the molecule is COCCCn1c(S[C@@H](C)C(=O)Nc2ccccc2)nnc1-c1ccccc1Cl. The number of benzene rings is 2. The number of carbonyl (C=O) groups is 1. The van der Waals surface area contributed by atoms with Crippen molar-refractivity contribution in [3.8, 4) is 11.4 Å². The summed E-state index contributed by atoms with van der Waals surface area (Å²) in [5, 5.41) is 12.6. The van der Waals surface area contributed by atoms with Gasteiger partial charge >= 0.3 is 0 Å². The number of aromatic nitrogens is 3. The van der Waals surface area contributed by atoms with Crippen molar-refractivity contribution in [2.24, 2.45) is 0 Å². The van der Waals surface area contributed by atoms with E-state index in [2.05, 4.69) is 15.5 Å². The van der Waals surface area contributed by atoms with Gasteiger partial charge in [-0.1, -0.05) is 53.7 Å². The largest absolute Gasteiger partial charge is 0.385 e. The lowest BCUT2D eigenvalue weighted by atomic mass is 10.2. The van der Waals surface area contributed by atoms with Crippen molar-refractivity contribution < 1.29 is 9.53 Å². The number of methoxy groups -OCH3 is 1. The summed E-state index contributed by atoms with van der Waals surface area (Å²) in [7, 11) is 1.67. The quantitative estimate of drug-likeness (QED) is 0.391. The molecule has 0 fully saturated rings. The number of nitrogens with zero attached hydrogens (tertiary/aromatic N) is 3. The predicted octanol–water partition coefficient (Wildman–Crippen LogP) is 4.75. The molecule has 0 spiro atoms. The maximum atomic E-state index is 12.6. The number of carbonyl (C=O) groups excluding carboxylic acids is 1. The molecule has 0 bridgehead atoms. The molecule has 1 N–H and O–H groups in total. The Morgan fingerprint density at radius 3 is 2.62 bits per heavy atom. The van der Waals surface area contributed by atoms with Gasteiger partial charge in [-0.2, -0.15) is 0 Å². The van der Waals surface area contributed by atoms with E-state index in [9.17, 15) is 4.79 Å². The average Bonchev–Trinajstić information content (AvgIpc) is 3.11. The van der Waals surface area contributed by atoms with E-state index in [-0.39, 0.29) is 11.2 Å². The first kappa shape index (κ1) is 21.4. The van der Waals surface area contributed by atoms with Crippen molar-refractivity contribution >= 4 is 35.0 Å². The number of anilines is 1. The molecular formula is C21H23ClN4O2S. The Morgan fingerprint density at radius 1 is 1.17 bits per heavy atom. The second-order valence-corrected chi connectivity index (χ2v) is 8.11. The Bertz CT molecular complexity index is 949. The van der Waals surface area contributed by atoms with Gasteiger partial charge in [-0.3, -0.25) is 4.79 Å². The number of rotatable bonds is 9. The minimum atomic E-state index is -0.348. The summed E-state index contributed by atoms with van der Waals surface area (Å²) in [6, 6.07) is 16.9. The van der Waals surface area contributed by atoms with E-state index in [0.717, 1.165) is 17.7 Å². The van der Waals surface area contributed by atoms with Crippen LogP contribution in [-0.4, -0.2) is 39.6 Å². The summed E-state index contributed by atoms with van der Waals surface area (Å²) in [6.07, 6.45) is 0.796. The lowest BCUT2D eigenvalue weighted by Crippen LogP contribution is -2.23. The molecule has 1 amide bonds. The van der Waals surface area contributed by atoms with E-state index in [4.69, 9.17) is 16.3 Å². The fraction of sp³-hybridized carbons (Fsp3) is 0.286. The monoisotopic (exact) mass is 430 g/mol. The van der Waals surface area contributed by atoms with Crippen LogP contribution in [0.2, 0.25) is 5.02 Å². The predicted molar refractivity (Wildman–Crippen MR) is 117 cm³/mol. The molecule has 0 aliphatic carbocycles. The molecule has 6 nitrogen and oxygen atoms in total. The number of hydrogen-bond acceptors (Lipinski definition) is 5. The Morgan fingerprint density at radius 2 is 1.90 bits per heavy atom. The lowest BCUT2D eigenvalue weighted by Gasteiger charge is -2.14. The molecule has 29 heavy (non-hydrogen) atoms.